The molecule has 106 valence electrons. The highest BCUT2D eigenvalue weighted by Crippen LogP contribution is 2.20. The Morgan fingerprint density at radius 2 is 1.71 bits per heavy atom. The van der Waals surface area contributed by atoms with Crippen LogP contribution in [-0.4, -0.2) is 11.5 Å². The molecule has 3 rings (SSSR count). The van der Waals surface area contributed by atoms with Crippen LogP contribution in [0.1, 0.15) is 5.56 Å². The Morgan fingerprint density at radius 1 is 0.952 bits per heavy atom. The summed E-state index contributed by atoms with van der Waals surface area (Å²) in [5.41, 5.74) is 2.52. The van der Waals surface area contributed by atoms with Gasteiger partial charge >= 0.3 is 0 Å². The molecule has 0 aliphatic heterocycles. The van der Waals surface area contributed by atoms with Gasteiger partial charge in [0.25, 0.3) is 0 Å². The molecule has 1 heterocycles. The van der Waals surface area contributed by atoms with Gasteiger partial charge in [-0.2, -0.15) is 0 Å². The van der Waals surface area contributed by atoms with E-state index in [1.54, 1.807) is 6.20 Å². The zero-order chi connectivity index (χ0) is 14.7. The van der Waals surface area contributed by atoms with Crippen molar-refractivity contribution in [1.29, 1.82) is 0 Å². The number of benzene rings is 2. The van der Waals surface area contributed by atoms with Gasteiger partial charge in [0.1, 0.15) is 11.6 Å². The second-order valence-corrected chi connectivity index (χ2v) is 4.83. The highest BCUT2D eigenvalue weighted by molar-refractivity contribution is 5.90. The van der Waals surface area contributed by atoms with E-state index in [0.717, 1.165) is 22.7 Å². The van der Waals surface area contributed by atoms with E-state index in [9.17, 15) is 8.78 Å². The molecule has 21 heavy (non-hydrogen) atoms. The average molecular weight is 284 g/mol. The maximum absolute atomic E-state index is 13.1. The van der Waals surface area contributed by atoms with Gasteiger partial charge in [0.2, 0.25) is 0 Å². The average Bonchev–Trinajstić information content (AvgIpc) is 2.46. The summed E-state index contributed by atoms with van der Waals surface area (Å²) in [6, 6.07) is 13.3. The molecule has 0 radical (unpaired) electrons. The largest absolute Gasteiger partial charge is 0.384 e. The Morgan fingerprint density at radius 3 is 2.52 bits per heavy atom. The molecule has 0 aliphatic carbocycles. The molecule has 3 aromatic rings. The van der Waals surface area contributed by atoms with Gasteiger partial charge in [-0.3, -0.25) is 4.98 Å². The van der Waals surface area contributed by atoms with Crippen LogP contribution >= 0.6 is 0 Å². The molecule has 2 aromatic carbocycles. The maximum Gasteiger partial charge on any atom is 0.126 e. The van der Waals surface area contributed by atoms with Crippen molar-refractivity contribution in [1.82, 2.24) is 4.98 Å². The molecule has 0 saturated carbocycles. The van der Waals surface area contributed by atoms with Crippen molar-refractivity contribution < 1.29 is 8.78 Å². The van der Waals surface area contributed by atoms with E-state index in [1.165, 1.54) is 12.1 Å². The summed E-state index contributed by atoms with van der Waals surface area (Å²) in [5.74, 6) is -1.08. The van der Waals surface area contributed by atoms with Crippen LogP contribution in [0.4, 0.5) is 14.5 Å². The lowest BCUT2D eigenvalue weighted by Crippen LogP contribution is -2.06. The van der Waals surface area contributed by atoms with Gasteiger partial charge in [-0.05, 0) is 36.2 Å². The van der Waals surface area contributed by atoms with Crippen molar-refractivity contribution in [2.75, 3.05) is 11.9 Å². The van der Waals surface area contributed by atoms with E-state index < -0.39 is 11.6 Å². The lowest BCUT2D eigenvalue weighted by atomic mass is 10.1. The minimum atomic E-state index is -0.542. The number of aromatic nitrogens is 1. The van der Waals surface area contributed by atoms with E-state index >= 15 is 0 Å². The molecule has 0 aliphatic rings. The third-order valence-corrected chi connectivity index (χ3v) is 3.30. The Bertz CT molecular complexity index is 746. The summed E-state index contributed by atoms with van der Waals surface area (Å²) in [5, 5.41) is 4.32. The summed E-state index contributed by atoms with van der Waals surface area (Å²) in [6.45, 7) is 0.594. The zero-order valence-corrected chi connectivity index (χ0v) is 11.3. The molecule has 0 unspecified atom stereocenters. The topological polar surface area (TPSA) is 24.9 Å². The normalized spacial score (nSPS) is 10.8. The van der Waals surface area contributed by atoms with Crippen molar-refractivity contribution in [2.45, 2.75) is 6.42 Å². The summed E-state index contributed by atoms with van der Waals surface area (Å²) >= 11 is 0. The number of hydrogen-bond acceptors (Lipinski definition) is 2. The Balaban J connectivity index is 1.72. The minimum absolute atomic E-state index is 0.542. The van der Waals surface area contributed by atoms with Crippen LogP contribution in [0.25, 0.3) is 10.9 Å². The van der Waals surface area contributed by atoms with Crippen LogP contribution in [0.15, 0.2) is 54.7 Å². The van der Waals surface area contributed by atoms with E-state index in [2.05, 4.69) is 10.3 Å². The first-order valence-electron chi connectivity index (χ1n) is 6.75. The number of nitrogens with one attached hydrogen (secondary N) is 1. The SMILES string of the molecule is Fc1cc(F)cc(CCNc2ccnc3ccccc23)c1. The summed E-state index contributed by atoms with van der Waals surface area (Å²) in [4.78, 5) is 4.29. The highest BCUT2D eigenvalue weighted by Gasteiger charge is 2.03. The Labute approximate surface area is 121 Å². The molecule has 4 heteroatoms. The number of halogens is 2. The van der Waals surface area contributed by atoms with E-state index in [-0.39, 0.29) is 0 Å². The molecule has 1 aromatic heterocycles. The molecule has 0 spiro atoms. The monoisotopic (exact) mass is 284 g/mol. The lowest BCUT2D eigenvalue weighted by molar-refractivity contribution is 0.580. The van der Waals surface area contributed by atoms with Crippen LogP contribution in [0.2, 0.25) is 0 Å². The number of pyridine rings is 1. The maximum atomic E-state index is 13.1. The van der Waals surface area contributed by atoms with Gasteiger partial charge in [-0.15, -0.1) is 0 Å². The quantitative estimate of drug-likeness (QED) is 0.778. The molecular formula is C17H14F2N2. The fraction of sp³-hybridized carbons (Fsp3) is 0.118. The second-order valence-electron chi connectivity index (χ2n) is 4.83. The first-order chi connectivity index (χ1) is 10.2. The predicted molar refractivity (Wildman–Crippen MR) is 80.3 cm³/mol. The Hall–Kier alpha value is -2.49. The molecule has 0 saturated heterocycles. The van der Waals surface area contributed by atoms with Crippen LogP contribution in [-0.2, 0) is 6.42 Å². The Kier molecular flexibility index (Phi) is 3.77. The van der Waals surface area contributed by atoms with Gasteiger partial charge < -0.3 is 5.32 Å². The molecule has 0 amide bonds. The number of rotatable bonds is 4. The molecule has 0 bridgehead atoms. The van der Waals surface area contributed by atoms with Crippen LogP contribution in [0, 0.1) is 11.6 Å². The van der Waals surface area contributed by atoms with Gasteiger partial charge in [-0.1, -0.05) is 18.2 Å². The van der Waals surface area contributed by atoms with Crippen molar-refractivity contribution in [3.8, 4) is 0 Å². The van der Waals surface area contributed by atoms with Crippen molar-refractivity contribution in [3.63, 3.8) is 0 Å². The number of para-hydroxylation sites is 1. The predicted octanol–water partition coefficient (Wildman–Crippen LogP) is 4.17. The fourth-order valence-electron chi connectivity index (χ4n) is 2.35. The first kappa shape index (κ1) is 13.5. The number of nitrogens with zero attached hydrogens (tertiary/aromatic N) is 1. The number of fused-ring (bicyclic) bond motifs is 1. The molecule has 2 nitrogen and oxygen atoms in total. The van der Waals surface area contributed by atoms with Gasteiger partial charge in [0.05, 0.1) is 5.52 Å². The van der Waals surface area contributed by atoms with Gasteiger partial charge in [0.15, 0.2) is 0 Å². The molecular weight excluding hydrogens is 270 g/mol. The first-order valence-corrected chi connectivity index (χ1v) is 6.75. The van der Waals surface area contributed by atoms with Crippen LogP contribution in [0.3, 0.4) is 0 Å². The van der Waals surface area contributed by atoms with Crippen LogP contribution in [0.5, 0.6) is 0 Å². The second kappa shape index (κ2) is 5.87. The molecule has 0 fully saturated rings. The summed E-state index contributed by atoms with van der Waals surface area (Å²) in [7, 11) is 0. The highest BCUT2D eigenvalue weighted by atomic mass is 19.1. The van der Waals surface area contributed by atoms with Gasteiger partial charge in [0, 0.05) is 29.9 Å². The van der Waals surface area contributed by atoms with E-state index in [1.807, 2.05) is 30.3 Å². The lowest BCUT2D eigenvalue weighted by Gasteiger charge is -2.09. The van der Waals surface area contributed by atoms with Gasteiger partial charge in [-0.25, -0.2) is 8.78 Å². The van der Waals surface area contributed by atoms with Crippen molar-refractivity contribution in [3.05, 3.63) is 71.9 Å². The van der Waals surface area contributed by atoms with Crippen molar-refractivity contribution >= 4 is 16.6 Å². The number of anilines is 1. The van der Waals surface area contributed by atoms with Crippen LogP contribution < -0.4 is 5.32 Å². The molecule has 0 atom stereocenters. The summed E-state index contributed by atoms with van der Waals surface area (Å²) in [6.07, 6.45) is 2.29. The zero-order valence-electron chi connectivity index (χ0n) is 11.3. The van der Waals surface area contributed by atoms with Crippen molar-refractivity contribution in [2.24, 2.45) is 0 Å². The number of hydrogen-bond donors (Lipinski definition) is 1. The fourth-order valence-corrected chi connectivity index (χ4v) is 2.35. The third kappa shape index (κ3) is 3.16. The smallest absolute Gasteiger partial charge is 0.126 e. The van der Waals surface area contributed by atoms with E-state index in [4.69, 9.17) is 0 Å². The standard InChI is InChI=1S/C17H14F2N2/c18-13-9-12(10-14(19)11-13)5-7-20-17-6-8-21-16-4-2-1-3-15(16)17/h1-4,6,8-11H,5,7H2,(H,20,21). The molecule has 1 N–H and O–H groups in total. The minimum Gasteiger partial charge on any atom is -0.384 e. The van der Waals surface area contributed by atoms with E-state index in [0.29, 0.717) is 18.5 Å². The summed E-state index contributed by atoms with van der Waals surface area (Å²) < 4.78 is 26.2. The third-order valence-electron chi connectivity index (χ3n) is 3.30.